The number of benzene rings is 1. The molecule has 1 fully saturated rings. The van der Waals surface area contributed by atoms with Crippen molar-refractivity contribution in [2.45, 2.75) is 45.4 Å². The van der Waals surface area contributed by atoms with Crippen LogP contribution in [0.3, 0.4) is 0 Å². The van der Waals surface area contributed by atoms with Crippen LogP contribution < -0.4 is 0 Å². The SMILES string of the molecule is CC(C)(C)OC(=O)N1CCN(Cc2ccc(C#N)cc2)C(Cc2cnc[nH]2)C1. The van der Waals surface area contributed by atoms with Crippen molar-refractivity contribution in [3.63, 3.8) is 0 Å². The molecule has 0 spiro atoms. The van der Waals surface area contributed by atoms with Crippen molar-refractivity contribution in [1.29, 1.82) is 5.26 Å². The molecule has 1 aliphatic heterocycles. The summed E-state index contributed by atoms with van der Waals surface area (Å²) in [4.78, 5) is 24.0. The van der Waals surface area contributed by atoms with Crippen molar-refractivity contribution in [3.8, 4) is 6.07 Å². The molecule has 28 heavy (non-hydrogen) atoms. The molecule has 1 N–H and O–H groups in total. The van der Waals surface area contributed by atoms with Crippen LogP contribution in [0.15, 0.2) is 36.8 Å². The summed E-state index contributed by atoms with van der Waals surface area (Å²) >= 11 is 0. The third-order valence-electron chi connectivity index (χ3n) is 4.74. The number of rotatable bonds is 4. The Kier molecular flexibility index (Phi) is 6.00. The lowest BCUT2D eigenvalue weighted by Gasteiger charge is -2.41. The number of nitrogens with zero attached hydrogens (tertiary/aromatic N) is 4. The first-order valence-corrected chi connectivity index (χ1v) is 9.52. The van der Waals surface area contributed by atoms with Gasteiger partial charge in [-0.15, -0.1) is 0 Å². The zero-order valence-electron chi connectivity index (χ0n) is 16.7. The third-order valence-corrected chi connectivity index (χ3v) is 4.74. The number of hydrogen-bond donors (Lipinski definition) is 1. The lowest BCUT2D eigenvalue weighted by Crippen LogP contribution is -2.55. The van der Waals surface area contributed by atoms with Crippen LogP contribution in [-0.2, 0) is 17.7 Å². The fourth-order valence-electron chi connectivity index (χ4n) is 3.36. The van der Waals surface area contributed by atoms with E-state index in [1.807, 2.05) is 51.2 Å². The highest BCUT2D eigenvalue weighted by Gasteiger charge is 2.32. The zero-order chi connectivity index (χ0) is 20.1. The van der Waals surface area contributed by atoms with E-state index in [0.717, 1.165) is 30.8 Å². The number of H-pyrrole nitrogens is 1. The van der Waals surface area contributed by atoms with Gasteiger partial charge >= 0.3 is 6.09 Å². The Morgan fingerprint density at radius 1 is 1.32 bits per heavy atom. The maximum absolute atomic E-state index is 12.5. The largest absolute Gasteiger partial charge is 0.444 e. The molecule has 1 amide bonds. The van der Waals surface area contributed by atoms with Gasteiger partial charge in [-0.1, -0.05) is 12.1 Å². The summed E-state index contributed by atoms with van der Waals surface area (Å²) in [6.07, 6.45) is 4.01. The van der Waals surface area contributed by atoms with Gasteiger partial charge in [-0.3, -0.25) is 4.90 Å². The molecule has 1 aromatic heterocycles. The van der Waals surface area contributed by atoms with Gasteiger partial charge in [-0.05, 0) is 38.5 Å². The molecule has 0 radical (unpaired) electrons. The highest BCUT2D eigenvalue weighted by Crippen LogP contribution is 2.20. The number of imidazole rings is 1. The lowest BCUT2D eigenvalue weighted by molar-refractivity contribution is 0.00230. The fourth-order valence-corrected chi connectivity index (χ4v) is 3.36. The third kappa shape index (κ3) is 5.33. The predicted molar refractivity (Wildman–Crippen MR) is 105 cm³/mol. The van der Waals surface area contributed by atoms with Gasteiger partial charge in [0.05, 0.1) is 18.0 Å². The van der Waals surface area contributed by atoms with Gasteiger partial charge in [0.15, 0.2) is 0 Å². The van der Waals surface area contributed by atoms with E-state index in [2.05, 4.69) is 20.9 Å². The van der Waals surface area contributed by atoms with Gasteiger partial charge in [0.2, 0.25) is 0 Å². The van der Waals surface area contributed by atoms with Gasteiger partial charge in [0.25, 0.3) is 0 Å². The number of nitrogens with one attached hydrogen (secondary N) is 1. The summed E-state index contributed by atoms with van der Waals surface area (Å²) in [5.41, 5.74) is 2.35. The fraction of sp³-hybridized carbons (Fsp3) is 0.476. The molecule has 148 valence electrons. The number of hydrogen-bond acceptors (Lipinski definition) is 5. The smallest absolute Gasteiger partial charge is 0.410 e. The minimum Gasteiger partial charge on any atom is -0.444 e. The topological polar surface area (TPSA) is 85.2 Å². The summed E-state index contributed by atoms with van der Waals surface area (Å²) in [6, 6.07) is 9.97. The Hall–Kier alpha value is -2.85. The summed E-state index contributed by atoms with van der Waals surface area (Å²) in [7, 11) is 0. The molecule has 1 saturated heterocycles. The number of ether oxygens (including phenoxy) is 1. The van der Waals surface area contributed by atoms with Crippen LogP contribution in [0.25, 0.3) is 0 Å². The van der Waals surface area contributed by atoms with E-state index in [1.165, 1.54) is 0 Å². The highest BCUT2D eigenvalue weighted by molar-refractivity contribution is 5.68. The second-order valence-corrected chi connectivity index (χ2v) is 8.14. The van der Waals surface area contributed by atoms with Crippen LogP contribution >= 0.6 is 0 Å². The first kappa shape index (κ1) is 19.9. The molecule has 7 heteroatoms. The van der Waals surface area contributed by atoms with E-state index in [-0.39, 0.29) is 12.1 Å². The molecule has 0 bridgehead atoms. The standard InChI is InChI=1S/C21H27N5O2/c1-21(2,3)28-20(27)26-9-8-25(13-17-6-4-16(11-22)5-7-17)19(14-26)10-18-12-23-15-24-18/h4-7,12,15,19H,8-10,13-14H2,1-3H3,(H,23,24). The summed E-state index contributed by atoms with van der Waals surface area (Å²) < 4.78 is 5.56. The zero-order valence-corrected chi connectivity index (χ0v) is 16.7. The molecular weight excluding hydrogens is 354 g/mol. The number of carbonyl (C=O) groups excluding carboxylic acids is 1. The minimum atomic E-state index is -0.504. The van der Waals surface area contributed by atoms with E-state index in [4.69, 9.17) is 10.00 Å². The Morgan fingerprint density at radius 3 is 2.68 bits per heavy atom. The van der Waals surface area contributed by atoms with Gasteiger partial charge < -0.3 is 14.6 Å². The molecular formula is C21H27N5O2. The van der Waals surface area contributed by atoms with Crippen molar-refractivity contribution in [2.24, 2.45) is 0 Å². The molecule has 7 nitrogen and oxygen atoms in total. The molecule has 1 unspecified atom stereocenters. The van der Waals surface area contributed by atoms with Crippen LogP contribution in [-0.4, -0.2) is 57.1 Å². The number of aromatic nitrogens is 2. The second kappa shape index (κ2) is 8.44. The summed E-state index contributed by atoms with van der Waals surface area (Å²) in [6.45, 7) is 8.41. The molecule has 3 rings (SSSR count). The Bertz CT molecular complexity index is 818. The van der Waals surface area contributed by atoms with Crippen molar-refractivity contribution >= 4 is 6.09 Å². The van der Waals surface area contributed by atoms with E-state index in [9.17, 15) is 4.79 Å². The molecule has 1 aliphatic rings. The maximum Gasteiger partial charge on any atom is 0.410 e. The average Bonchev–Trinajstić information content (AvgIpc) is 3.15. The van der Waals surface area contributed by atoms with Crippen LogP contribution in [0, 0.1) is 11.3 Å². The molecule has 1 atom stereocenters. The van der Waals surface area contributed by atoms with Crippen LogP contribution in [0.5, 0.6) is 0 Å². The Morgan fingerprint density at radius 2 is 2.07 bits per heavy atom. The minimum absolute atomic E-state index is 0.150. The quantitative estimate of drug-likeness (QED) is 0.880. The Balaban J connectivity index is 1.71. The average molecular weight is 381 g/mol. The number of carbonyl (C=O) groups is 1. The van der Waals surface area contributed by atoms with Gasteiger partial charge in [0, 0.05) is 50.5 Å². The summed E-state index contributed by atoms with van der Waals surface area (Å²) in [5, 5.41) is 8.98. The van der Waals surface area contributed by atoms with E-state index in [0.29, 0.717) is 18.7 Å². The van der Waals surface area contributed by atoms with Crippen molar-refractivity contribution < 1.29 is 9.53 Å². The van der Waals surface area contributed by atoms with E-state index >= 15 is 0 Å². The van der Waals surface area contributed by atoms with E-state index < -0.39 is 5.60 Å². The number of piperazine rings is 1. The van der Waals surface area contributed by atoms with Gasteiger partial charge in [-0.25, -0.2) is 9.78 Å². The first-order valence-electron chi connectivity index (χ1n) is 9.52. The predicted octanol–water partition coefficient (Wildman–Crippen LogP) is 2.95. The normalized spacial score (nSPS) is 17.9. The molecule has 2 aromatic rings. The van der Waals surface area contributed by atoms with Crippen LogP contribution in [0.2, 0.25) is 0 Å². The van der Waals surface area contributed by atoms with Crippen molar-refractivity contribution in [1.82, 2.24) is 19.8 Å². The monoisotopic (exact) mass is 381 g/mol. The molecule has 0 saturated carbocycles. The molecule has 2 heterocycles. The number of nitriles is 1. The van der Waals surface area contributed by atoms with Crippen molar-refractivity contribution in [2.75, 3.05) is 19.6 Å². The van der Waals surface area contributed by atoms with Crippen molar-refractivity contribution in [3.05, 3.63) is 53.6 Å². The second-order valence-electron chi connectivity index (χ2n) is 8.14. The Labute approximate surface area is 165 Å². The number of aromatic amines is 1. The number of amides is 1. The van der Waals surface area contributed by atoms with Crippen LogP contribution in [0.1, 0.15) is 37.6 Å². The first-order chi connectivity index (χ1) is 13.3. The van der Waals surface area contributed by atoms with Crippen LogP contribution in [0.4, 0.5) is 4.79 Å². The molecule has 0 aliphatic carbocycles. The van der Waals surface area contributed by atoms with Gasteiger partial charge in [-0.2, -0.15) is 5.26 Å². The highest BCUT2D eigenvalue weighted by atomic mass is 16.6. The molecule has 1 aromatic carbocycles. The van der Waals surface area contributed by atoms with Gasteiger partial charge in [0.1, 0.15) is 5.60 Å². The maximum atomic E-state index is 12.5. The lowest BCUT2D eigenvalue weighted by atomic mass is 10.0. The van der Waals surface area contributed by atoms with E-state index in [1.54, 1.807) is 11.2 Å². The summed E-state index contributed by atoms with van der Waals surface area (Å²) in [5.74, 6) is 0.